The third-order valence-corrected chi connectivity index (χ3v) is 3.69. The first-order valence-electron chi connectivity index (χ1n) is 7.75. The minimum Gasteiger partial charge on any atom is -0.325 e. The van der Waals surface area contributed by atoms with Gasteiger partial charge >= 0.3 is 0 Å². The Morgan fingerprint density at radius 1 is 1.12 bits per heavy atom. The standard InChI is InChI=1S/C18H19N5O/c1-14(20-13-18(24)22-16-7-10-19-11-8-16)15-3-5-17(6-4-15)23-12-2-9-21-23/h2-12,14,20H,13H2,1H3,(H,19,22,24). The second-order valence-corrected chi connectivity index (χ2v) is 5.43. The molecule has 3 aromatic rings. The minimum atomic E-state index is -0.0822. The molecule has 2 heterocycles. The Bertz CT molecular complexity index is 769. The van der Waals surface area contributed by atoms with Crippen molar-refractivity contribution in [2.75, 3.05) is 11.9 Å². The molecule has 0 aliphatic carbocycles. The molecule has 6 nitrogen and oxygen atoms in total. The van der Waals surface area contributed by atoms with Crippen molar-refractivity contribution in [3.8, 4) is 5.69 Å². The molecule has 2 N–H and O–H groups in total. The molecule has 0 bridgehead atoms. The number of carbonyl (C=O) groups excluding carboxylic acids is 1. The van der Waals surface area contributed by atoms with Crippen LogP contribution in [0.15, 0.2) is 67.3 Å². The van der Waals surface area contributed by atoms with E-state index in [1.54, 1.807) is 30.7 Å². The lowest BCUT2D eigenvalue weighted by Crippen LogP contribution is -2.30. The monoisotopic (exact) mass is 321 g/mol. The summed E-state index contributed by atoms with van der Waals surface area (Å²) in [5.74, 6) is -0.0822. The number of anilines is 1. The Labute approximate surface area is 140 Å². The molecule has 2 aromatic heterocycles. The van der Waals surface area contributed by atoms with Crippen LogP contribution in [0.25, 0.3) is 5.69 Å². The zero-order valence-corrected chi connectivity index (χ0v) is 13.4. The van der Waals surface area contributed by atoms with E-state index >= 15 is 0 Å². The minimum absolute atomic E-state index is 0.0693. The number of nitrogens with one attached hydrogen (secondary N) is 2. The molecular weight excluding hydrogens is 302 g/mol. The number of rotatable bonds is 6. The van der Waals surface area contributed by atoms with Gasteiger partial charge in [0.1, 0.15) is 0 Å². The van der Waals surface area contributed by atoms with E-state index in [2.05, 4.69) is 20.7 Å². The van der Waals surface area contributed by atoms with Gasteiger partial charge in [-0.3, -0.25) is 9.78 Å². The molecule has 6 heteroatoms. The fourth-order valence-corrected chi connectivity index (χ4v) is 2.34. The summed E-state index contributed by atoms with van der Waals surface area (Å²) in [6, 6.07) is 13.6. The van der Waals surface area contributed by atoms with Gasteiger partial charge in [-0.1, -0.05) is 12.1 Å². The molecule has 0 saturated heterocycles. The predicted octanol–water partition coefficient (Wildman–Crippen LogP) is 2.56. The Morgan fingerprint density at radius 3 is 2.54 bits per heavy atom. The lowest BCUT2D eigenvalue weighted by Gasteiger charge is -2.15. The zero-order valence-electron chi connectivity index (χ0n) is 13.4. The summed E-state index contributed by atoms with van der Waals surface area (Å²) in [6.45, 7) is 2.27. The van der Waals surface area contributed by atoms with Gasteiger partial charge < -0.3 is 10.6 Å². The summed E-state index contributed by atoms with van der Waals surface area (Å²) in [5.41, 5.74) is 2.86. The van der Waals surface area contributed by atoms with Gasteiger partial charge in [-0.25, -0.2) is 4.68 Å². The lowest BCUT2D eigenvalue weighted by molar-refractivity contribution is -0.115. The normalized spacial score (nSPS) is 11.9. The number of hydrogen-bond donors (Lipinski definition) is 2. The summed E-state index contributed by atoms with van der Waals surface area (Å²) < 4.78 is 1.81. The quantitative estimate of drug-likeness (QED) is 0.732. The number of aromatic nitrogens is 3. The third-order valence-electron chi connectivity index (χ3n) is 3.69. The summed E-state index contributed by atoms with van der Waals surface area (Å²) >= 11 is 0. The van der Waals surface area contributed by atoms with Crippen LogP contribution in [0.2, 0.25) is 0 Å². The van der Waals surface area contributed by atoms with Gasteiger partial charge in [0.15, 0.2) is 0 Å². The summed E-state index contributed by atoms with van der Waals surface area (Å²) in [5, 5.41) is 10.3. The highest BCUT2D eigenvalue weighted by Crippen LogP contribution is 2.15. The van der Waals surface area contributed by atoms with Crippen LogP contribution in [-0.2, 0) is 4.79 Å². The molecule has 0 saturated carbocycles. The van der Waals surface area contributed by atoms with Gasteiger partial charge in [-0.15, -0.1) is 0 Å². The summed E-state index contributed by atoms with van der Waals surface area (Å²) in [6.07, 6.45) is 6.94. The maximum absolute atomic E-state index is 12.0. The van der Waals surface area contributed by atoms with E-state index < -0.39 is 0 Å². The number of carbonyl (C=O) groups is 1. The molecular formula is C18H19N5O. The second kappa shape index (κ2) is 7.52. The molecule has 0 radical (unpaired) electrons. The van der Waals surface area contributed by atoms with Crippen molar-refractivity contribution < 1.29 is 4.79 Å². The number of amides is 1. The van der Waals surface area contributed by atoms with Crippen LogP contribution < -0.4 is 10.6 Å². The van der Waals surface area contributed by atoms with Gasteiger partial charge in [0.05, 0.1) is 12.2 Å². The zero-order chi connectivity index (χ0) is 16.8. The highest BCUT2D eigenvalue weighted by molar-refractivity contribution is 5.92. The van der Waals surface area contributed by atoms with E-state index in [-0.39, 0.29) is 18.5 Å². The molecule has 1 amide bonds. The van der Waals surface area contributed by atoms with E-state index in [4.69, 9.17) is 0 Å². The summed E-state index contributed by atoms with van der Waals surface area (Å²) in [7, 11) is 0. The summed E-state index contributed by atoms with van der Waals surface area (Å²) in [4.78, 5) is 15.9. The fourth-order valence-electron chi connectivity index (χ4n) is 2.34. The first-order chi connectivity index (χ1) is 11.7. The smallest absolute Gasteiger partial charge is 0.238 e. The maximum atomic E-state index is 12.0. The van der Waals surface area contributed by atoms with Crippen LogP contribution in [0.3, 0.4) is 0 Å². The second-order valence-electron chi connectivity index (χ2n) is 5.43. The molecule has 1 aromatic carbocycles. The molecule has 0 fully saturated rings. The van der Waals surface area contributed by atoms with E-state index in [0.29, 0.717) is 0 Å². The Balaban J connectivity index is 1.53. The molecule has 0 aliphatic rings. The lowest BCUT2D eigenvalue weighted by atomic mass is 10.1. The van der Waals surface area contributed by atoms with Crippen LogP contribution in [0.1, 0.15) is 18.5 Å². The molecule has 3 rings (SSSR count). The molecule has 1 unspecified atom stereocenters. The van der Waals surface area contributed by atoms with Crippen molar-refractivity contribution >= 4 is 11.6 Å². The average molecular weight is 321 g/mol. The highest BCUT2D eigenvalue weighted by Gasteiger charge is 2.08. The SMILES string of the molecule is CC(NCC(=O)Nc1ccncc1)c1ccc(-n2cccn2)cc1. The number of hydrogen-bond acceptors (Lipinski definition) is 4. The van der Waals surface area contributed by atoms with Crippen LogP contribution in [0, 0.1) is 0 Å². The fraction of sp³-hybridized carbons (Fsp3) is 0.167. The highest BCUT2D eigenvalue weighted by atomic mass is 16.1. The number of benzene rings is 1. The topological polar surface area (TPSA) is 71.8 Å². The maximum Gasteiger partial charge on any atom is 0.238 e. The molecule has 24 heavy (non-hydrogen) atoms. The van der Waals surface area contributed by atoms with E-state index in [1.807, 2.05) is 48.1 Å². The first kappa shape index (κ1) is 15.9. The van der Waals surface area contributed by atoms with Gasteiger partial charge in [0.25, 0.3) is 0 Å². The van der Waals surface area contributed by atoms with Crippen molar-refractivity contribution in [3.63, 3.8) is 0 Å². The van der Waals surface area contributed by atoms with E-state index in [9.17, 15) is 4.79 Å². The Hall–Kier alpha value is -2.99. The number of pyridine rings is 1. The Kier molecular flexibility index (Phi) is 4.98. The number of nitrogens with zero attached hydrogens (tertiary/aromatic N) is 3. The largest absolute Gasteiger partial charge is 0.325 e. The molecule has 0 aliphatic heterocycles. The molecule has 122 valence electrons. The van der Waals surface area contributed by atoms with Crippen LogP contribution in [0.5, 0.6) is 0 Å². The van der Waals surface area contributed by atoms with Gasteiger partial charge in [0, 0.05) is 36.5 Å². The molecule has 1 atom stereocenters. The van der Waals surface area contributed by atoms with Crippen molar-refractivity contribution in [1.29, 1.82) is 0 Å². The third kappa shape index (κ3) is 4.05. The van der Waals surface area contributed by atoms with E-state index in [1.165, 1.54) is 0 Å². The van der Waals surface area contributed by atoms with Gasteiger partial charge in [-0.2, -0.15) is 5.10 Å². The average Bonchev–Trinajstić information content (AvgIpc) is 3.15. The Morgan fingerprint density at radius 2 is 1.88 bits per heavy atom. The molecule has 0 spiro atoms. The predicted molar refractivity (Wildman–Crippen MR) is 92.8 cm³/mol. The van der Waals surface area contributed by atoms with Gasteiger partial charge in [-0.05, 0) is 42.8 Å². The van der Waals surface area contributed by atoms with Crippen LogP contribution in [0.4, 0.5) is 5.69 Å². The van der Waals surface area contributed by atoms with Crippen molar-refractivity contribution in [2.45, 2.75) is 13.0 Å². The van der Waals surface area contributed by atoms with Crippen molar-refractivity contribution in [2.24, 2.45) is 0 Å². The first-order valence-corrected chi connectivity index (χ1v) is 7.75. The van der Waals surface area contributed by atoms with Crippen LogP contribution >= 0.6 is 0 Å². The van der Waals surface area contributed by atoms with Crippen molar-refractivity contribution in [1.82, 2.24) is 20.1 Å². The van der Waals surface area contributed by atoms with E-state index in [0.717, 1.165) is 16.9 Å². The van der Waals surface area contributed by atoms with Crippen molar-refractivity contribution in [3.05, 3.63) is 72.8 Å². The van der Waals surface area contributed by atoms with Gasteiger partial charge in [0.2, 0.25) is 5.91 Å². The van der Waals surface area contributed by atoms with Crippen LogP contribution in [-0.4, -0.2) is 27.2 Å².